The summed E-state index contributed by atoms with van der Waals surface area (Å²) in [7, 11) is 0. The van der Waals surface area contributed by atoms with Crippen molar-refractivity contribution in [2.24, 2.45) is 0 Å². The first-order valence-corrected chi connectivity index (χ1v) is 8.32. The fraction of sp³-hybridized carbons (Fsp3) is 0.421. The van der Waals surface area contributed by atoms with Crippen LogP contribution in [0.3, 0.4) is 0 Å². The maximum atomic E-state index is 11.3. The first kappa shape index (κ1) is 18.6. The maximum absolute atomic E-state index is 11.3. The lowest BCUT2D eigenvalue weighted by atomic mass is 10.0. The molecule has 24 heavy (non-hydrogen) atoms. The molecule has 0 spiro atoms. The van der Waals surface area contributed by atoms with E-state index in [1.807, 2.05) is 18.2 Å². The van der Waals surface area contributed by atoms with E-state index >= 15 is 0 Å². The Balaban J connectivity index is 0.00000208. The van der Waals surface area contributed by atoms with Crippen LogP contribution in [-0.2, 0) is 4.79 Å². The van der Waals surface area contributed by atoms with Gasteiger partial charge in [0.05, 0.1) is 6.61 Å². The standard InChI is InChI=1S/C19H23NO3.ClH/c21-19(22)18-8-3-4-11-20(18)12-5-13-23-17-10-9-15-6-1-2-7-16(15)14-17;/h1-2,6-7,9-10,14,18H,3-5,8,11-13H2,(H,21,22);1H. The Kier molecular flexibility index (Phi) is 6.88. The van der Waals surface area contributed by atoms with Gasteiger partial charge in [0.2, 0.25) is 0 Å². The highest BCUT2D eigenvalue weighted by Gasteiger charge is 2.27. The second-order valence-electron chi connectivity index (χ2n) is 6.10. The van der Waals surface area contributed by atoms with Crippen molar-refractivity contribution in [2.75, 3.05) is 19.7 Å². The molecule has 3 rings (SSSR count). The summed E-state index contributed by atoms with van der Waals surface area (Å²) in [5.41, 5.74) is 0. The molecule has 2 aromatic rings. The number of ether oxygens (including phenoxy) is 1. The molecule has 1 atom stereocenters. The number of benzene rings is 2. The van der Waals surface area contributed by atoms with E-state index in [1.54, 1.807) is 0 Å². The molecule has 0 bridgehead atoms. The summed E-state index contributed by atoms with van der Waals surface area (Å²) < 4.78 is 5.83. The maximum Gasteiger partial charge on any atom is 0.320 e. The van der Waals surface area contributed by atoms with Gasteiger partial charge >= 0.3 is 5.97 Å². The number of hydrogen-bond donors (Lipinski definition) is 1. The fourth-order valence-electron chi connectivity index (χ4n) is 3.25. The molecule has 0 aliphatic carbocycles. The van der Waals surface area contributed by atoms with Crippen molar-refractivity contribution in [1.82, 2.24) is 4.90 Å². The summed E-state index contributed by atoms with van der Waals surface area (Å²) in [5, 5.41) is 11.6. The van der Waals surface area contributed by atoms with E-state index in [0.717, 1.165) is 44.5 Å². The van der Waals surface area contributed by atoms with Crippen molar-refractivity contribution in [3.05, 3.63) is 42.5 Å². The van der Waals surface area contributed by atoms with E-state index in [9.17, 15) is 9.90 Å². The molecule has 0 radical (unpaired) electrons. The van der Waals surface area contributed by atoms with E-state index in [-0.39, 0.29) is 18.4 Å². The van der Waals surface area contributed by atoms with Crippen LogP contribution >= 0.6 is 12.4 Å². The Morgan fingerprint density at radius 1 is 1.17 bits per heavy atom. The summed E-state index contributed by atoms with van der Waals surface area (Å²) in [6.45, 7) is 2.28. The van der Waals surface area contributed by atoms with Gasteiger partial charge in [-0.15, -0.1) is 12.4 Å². The zero-order valence-corrected chi connectivity index (χ0v) is 14.5. The Morgan fingerprint density at radius 2 is 1.96 bits per heavy atom. The minimum Gasteiger partial charge on any atom is -0.494 e. The predicted molar refractivity (Wildman–Crippen MR) is 98.2 cm³/mol. The number of carboxylic acids is 1. The van der Waals surface area contributed by atoms with Gasteiger partial charge in [-0.1, -0.05) is 36.8 Å². The third kappa shape index (κ3) is 4.62. The number of nitrogens with zero attached hydrogens (tertiary/aromatic N) is 1. The third-order valence-corrected chi connectivity index (χ3v) is 4.48. The second kappa shape index (κ2) is 8.90. The molecule has 1 unspecified atom stereocenters. The molecule has 0 amide bonds. The Labute approximate surface area is 148 Å². The minimum absolute atomic E-state index is 0. The van der Waals surface area contributed by atoms with Gasteiger partial charge in [-0.2, -0.15) is 0 Å². The first-order chi connectivity index (χ1) is 11.2. The van der Waals surface area contributed by atoms with Crippen molar-refractivity contribution >= 4 is 29.1 Å². The SMILES string of the molecule is Cl.O=C(O)C1CCCCN1CCCOc1ccc2ccccc2c1. The second-order valence-corrected chi connectivity index (χ2v) is 6.10. The number of hydrogen-bond acceptors (Lipinski definition) is 3. The van der Waals surface area contributed by atoms with Gasteiger partial charge in [-0.3, -0.25) is 9.69 Å². The van der Waals surface area contributed by atoms with E-state index in [2.05, 4.69) is 29.2 Å². The van der Waals surface area contributed by atoms with E-state index < -0.39 is 5.97 Å². The van der Waals surface area contributed by atoms with Gasteiger partial charge in [0.15, 0.2) is 0 Å². The van der Waals surface area contributed by atoms with Crippen LogP contribution in [0, 0.1) is 0 Å². The van der Waals surface area contributed by atoms with Gasteiger partial charge in [0, 0.05) is 6.54 Å². The molecule has 1 aliphatic rings. The average Bonchev–Trinajstić information content (AvgIpc) is 2.59. The van der Waals surface area contributed by atoms with Crippen molar-refractivity contribution in [3.8, 4) is 5.75 Å². The smallest absolute Gasteiger partial charge is 0.320 e. The van der Waals surface area contributed by atoms with Gasteiger partial charge < -0.3 is 9.84 Å². The molecule has 2 aromatic carbocycles. The third-order valence-electron chi connectivity index (χ3n) is 4.48. The topological polar surface area (TPSA) is 49.8 Å². The van der Waals surface area contributed by atoms with Crippen molar-refractivity contribution < 1.29 is 14.6 Å². The van der Waals surface area contributed by atoms with Crippen LogP contribution in [-0.4, -0.2) is 41.7 Å². The molecule has 0 saturated carbocycles. The van der Waals surface area contributed by atoms with Crippen LogP contribution in [0.15, 0.2) is 42.5 Å². The molecule has 1 fully saturated rings. The lowest BCUT2D eigenvalue weighted by Gasteiger charge is -2.32. The summed E-state index contributed by atoms with van der Waals surface area (Å²) in [6.07, 6.45) is 3.72. The number of halogens is 1. The first-order valence-electron chi connectivity index (χ1n) is 8.32. The molecule has 1 saturated heterocycles. The molecule has 130 valence electrons. The Bertz CT molecular complexity index is 676. The highest BCUT2D eigenvalue weighted by molar-refractivity contribution is 5.85. The van der Waals surface area contributed by atoms with Gasteiger partial charge in [0.25, 0.3) is 0 Å². The fourth-order valence-corrected chi connectivity index (χ4v) is 3.25. The zero-order chi connectivity index (χ0) is 16.1. The molecular weight excluding hydrogens is 326 g/mol. The van der Waals surface area contributed by atoms with E-state index in [4.69, 9.17) is 4.74 Å². The summed E-state index contributed by atoms with van der Waals surface area (Å²) in [5.74, 6) is 0.178. The van der Waals surface area contributed by atoms with Crippen molar-refractivity contribution in [2.45, 2.75) is 31.7 Å². The predicted octanol–water partition coefficient (Wildman–Crippen LogP) is 3.97. The highest BCUT2D eigenvalue weighted by atomic mass is 35.5. The normalized spacial score (nSPS) is 18.1. The number of likely N-dealkylation sites (tertiary alicyclic amines) is 1. The van der Waals surface area contributed by atoms with Crippen LogP contribution in [0.1, 0.15) is 25.7 Å². The molecule has 1 heterocycles. The van der Waals surface area contributed by atoms with E-state index in [0.29, 0.717) is 6.61 Å². The minimum atomic E-state index is -0.694. The van der Waals surface area contributed by atoms with Crippen LogP contribution in [0.4, 0.5) is 0 Å². The van der Waals surface area contributed by atoms with Gasteiger partial charge in [-0.25, -0.2) is 0 Å². The summed E-state index contributed by atoms with van der Waals surface area (Å²) in [6, 6.07) is 14.0. The zero-order valence-electron chi connectivity index (χ0n) is 13.7. The summed E-state index contributed by atoms with van der Waals surface area (Å²) >= 11 is 0. The number of fused-ring (bicyclic) bond motifs is 1. The Hall–Kier alpha value is -1.78. The largest absolute Gasteiger partial charge is 0.494 e. The molecule has 1 aliphatic heterocycles. The van der Waals surface area contributed by atoms with Gasteiger partial charge in [0.1, 0.15) is 11.8 Å². The molecule has 5 heteroatoms. The monoisotopic (exact) mass is 349 g/mol. The molecule has 0 aromatic heterocycles. The van der Waals surface area contributed by atoms with Crippen molar-refractivity contribution in [1.29, 1.82) is 0 Å². The molecule has 4 nitrogen and oxygen atoms in total. The van der Waals surface area contributed by atoms with Crippen LogP contribution < -0.4 is 4.74 Å². The van der Waals surface area contributed by atoms with Crippen LogP contribution in [0.5, 0.6) is 5.75 Å². The number of rotatable bonds is 6. The van der Waals surface area contributed by atoms with Crippen LogP contribution in [0.2, 0.25) is 0 Å². The Morgan fingerprint density at radius 3 is 2.75 bits per heavy atom. The lowest BCUT2D eigenvalue weighted by molar-refractivity contribution is -0.144. The van der Waals surface area contributed by atoms with Gasteiger partial charge in [-0.05, 0) is 48.7 Å². The van der Waals surface area contributed by atoms with Crippen molar-refractivity contribution in [3.63, 3.8) is 0 Å². The number of carbonyl (C=O) groups is 1. The quantitative estimate of drug-likeness (QED) is 0.802. The molecular formula is C19H24ClNO3. The summed E-state index contributed by atoms with van der Waals surface area (Å²) in [4.78, 5) is 13.3. The molecule has 1 N–H and O–H groups in total. The van der Waals surface area contributed by atoms with E-state index in [1.165, 1.54) is 10.8 Å². The number of carboxylic acid groups (broad SMARTS) is 1. The lowest BCUT2D eigenvalue weighted by Crippen LogP contribution is -2.45. The highest BCUT2D eigenvalue weighted by Crippen LogP contribution is 2.21. The average molecular weight is 350 g/mol. The number of aliphatic carboxylic acids is 1. The van der Waals surface area contributed by atoms with Crippen LogP contribution in [0.25, 0.3) is 10.8 Å². The number of piperidine rings is 1.